The van der Waals surface area contributed by atoms with Gasteiger partial charge in [0.2, 0.25) is 0 Å². The molecule has 1 heterocycles. The number of nitrogens with one attached hydrogen (secondary N) is 1. The van der Waals surface area contributed by atoms with E-state index in [-0.39, 0.29) is 24.6 Å². The van der Waals surface area contributed by atoms with Crippen molar-refractivity contribution in [2.45, 2.75) is 19.9 Å². The number of aromatic nitrogens is 1. The van der Waals surface area contributed by atoms with Gasteiger partial charge in [0.05, 0.1) is 5.02 Å². The van der Waals surface area contributed by atoms with Gasteiger partial charge in [-0.15, -0.1) is 0 Å². The number of hydrogen-bond donors (Lipinski definition) is 2. The van der Waals surface area contributed by atoms with Crippen molar-refractivity contribution in [3.63, 3.8) is 0 Å². The van der Waals surface area contributed by atoms with Gasteiger partial charge in [0.15, 0.2) is 0 Å². The molecule has 6 heteroatoms. The lowest BCUT2D eigenvalue weighted by Gasteiger charge is -2.23. The number of halogens is 1. The van der Waals surface area contributed by atoms with Crippen LogP contribution in [-0.4, -0.2) is 35.8 Å². The predicted octanol–water partition coefficient (Wildman–Crippen LogP) is 1.90. The van der Waals surface area contributed by atoms with Gasteiger partial charge in [-0.25, -0.2) is 9.78 Å². The third kappa shape index (κ3) is 3.85. The molecule has 2 atom stereocenters. The number of hydrogen-bond acceptors (Lipinski definition) is 3. The highest BCUT2D eigenvalue weighted by Crippen LogP contribution is 2.13. The van der Waals surface area contributed by atoms with E-state index in [9.17, 15) is 4.79 Å². The Bertz CT molecular complexity index is 397. The number of aliphatic hydroxyl groups is 1. The van der Waals surface area contributed by atoms with Gasteiger partial charge in [-0.1, -0.05) is 18.5 Å². The smallest absolute Gasteiger partial charge is 0.323 e. The van der Waals surface area contributed by atoms with Crippen LogP contribution in [0, 0.1) is 5.92 Å². The third-order valence-corrected chi connectivity index (χ3v) is 3.08. The zero-order chi connectivity index (χ0) is 13.7. The molecule has 18 heavy (non-hydrogen) atoms. The molecule has 1 aromatic rings. The van der Waals surface area contributed by atoms with E-state index >= 15 is 0 Å². The fourth-order valence-corrected chi connectivity index (χ4v) is 1.37. The summed E-state index contributed by atoms with van der Waals surface area (Å²) >= 11 is 5.73. The van der Waals surface area contributed by atoms with Gasteiger partial charge in [0, 0.05) is 25.9 Å². The minimum atomic E-state index is -0.266. The van der Waals surface area contributed by atoms with Crippen LogP contribution in [0.25, 0.3) is 0 Å². The van der Waals surface area contributed by atoms with Crippen molar-refractivity contribution in [2.75, 3.05) is 18.6 Å². The number of carbonyl (C=O) groups excluding carboxylic acids is 1. The molecule has 0 radical (unpaired) electrons. The van der Waals surface area contributed by atoms with Gasteiger partial charge in [-0.3, -0.25) is 4.90 Å². The fraction of sp³-hybridized carbons (Fsp3) is 0.500. The van der Waals surface area contributed by atoms with Crippen LogP contribution in [-0.2, 0) is 0 Å². The number of nitrogens with zero attached hydrogens (tertiary/aromatic N) is 2. The molecule has 1 rings (SSSR count). The lowest BCUT2D eigenvalue weighted by Crippen LogP contribution is -2.45. The third-order valence-electron chi connectivity index (χ3n) is 2.85. The number of amides is 2. The highest BCUT2D eigenvalue weighted by atomic mass is 35.5. The molecule has 1 aromatic heterocycles. The SMILES string of the molecule is C[C@H](CO)[C@H](C)NC(=O)N(C)c1ccc(Cl)cn1. The van der Waals surface area contributed by atoms with E-state index in [0.717, 1.165) is 0 Å². The van der Waals surface area contributed by atoms with E-state index in [1.165, 1.54) is 11.1 Å². The van der Waals surface area contributed by atoms with Crippen molar-refractivity contribution in [1.29, 1.82) is 0 Å². The lowest BCUT2D eigenvalue weighted by molar-refractivity contribution is 0.203. The molecule has 0 aliphatic rings. The van der Waals surface area contributed by atoms with E-state index < -0.39 is 0 Å². The lowest BCUT2D eigenvalue weighted by atomic mass is 10.1. The number of anilines is 1. The summed E-state index contributed by atoms with van der Waals surface area (Å²) in [6, 6.07) is 2.96. The average molecular weight is 272 g/mol. The molecule has 5 nitrogen and oxygen atoms in total. The summed E-state index contributed by atoms with van der Waals surface area (Å²) in [7, 11) is 1.63. The minimum Gasteiger partial charge on any atom is -0.396 e. The zero-order valence-electron chi connectivity index (χ0n) is 10.7. The summed E-state index contributed by atoms with van der Waals surface area (Å²) in [5, 5.41) is 12.3. The molecule has 0 saturated carbocycles. The van der Waals surface area contributed by atoms with E-state index in [1.807, 2.05) is 13.8 Å². The summed E-state index contributed by atoms with van der Waals surface area (Å²) in [5.74, 6) is 0.515. The quantitative estimate of drug-likeness (QED) is 0.879. The van der Waals surface area contributed by atoms with Crippen molar-refractivity contribution >= 4 is 23.4 Å². The highest BCUT2D eigenvalue weighted by Gasteiger charge is 2.17. The van der Waals surface area contributed by atoms with E-state index in [0.29, 0.717) is 10.8 Å². The molecule has 100 valence electrons. The molecule has 2 N–H and O–H groups in total. The second-order valence-electron chi connectivity index (χ2n) is 4.29. The molecule has 0 aliphatic heterocycles. The average Bonchev–Trinajstić information content (AvgIpc) is 2.37. The van der Waals surface area contributed by atoms with Crippen LogP contribution in [0.15, 0.2) is 18.3 Å². The second-order valence-corrected chi connectivity index (χ2v) is 4.73. The van der Waals surface area contributed by atoms with Crippen molar-refractivity contribution in [3.8, 4) is 0 Å². The maximum absolute atomic E-state index is 11.9. The predicted molar refractivity (Wildman–Crippen MR) is 71.9 cm³/mol. The topological polar surface area (TPSA) is 65.5 Å². The standard InChI is InChI=1S/C12H18ClN3O2/c1-8(7-17)9(2)15-12(18)16(3)11-5-4-10(13)6-14-11/h4-6,8-9,17H,7H2,1-3H3,(H,15,18)/t8-,9+/m1/s1. The molecule has 0 unspecified atom stereocenters. The fourth-order valence-electron chi connectivity index (χ4n) is 1.26. The normalized spacial score (nSPS) is 13.8. The maximum Gasteiger partial charge on any atom is 0.323 e. The first-order valence-electron chi connectivity index (χ1n) is 5.72. The molecular weight excluding hydrogens is 254 g/mol. The molecule has 0 bridgehead atoms. The van der Waals surface area contributed by atoms with Crippen molar-refractivity contribution in [1.82, 2.24) is 10.3 Å². The van der Waals surface area contributed by atoms with Crippen molar-refractivity contribution in [3.05, 3.63) is 23.4 Å². The molecule has 2 amide bonds. The van der Waals surface area contributed by atoms with Gasteiger partial charge in [-0.2, -0.15) is 0 Å². The summed E-state index contributed by atoms with van der Waals surface area (Å²) in [5.41, 5.74) is 0. The number of aliphatic hydroxyl groups excluding tert-OH is 1. The van der Waals surface area contributed by atoms with Crippen LogP contribution in [0.4, 0.5) is 10.6 Å². The van der Waals surface area contributed by atoms with Crippen LogP contribution in [0.5, 0.6) is 0 Å². The van der Waals surface area contributed by atoms with Crippen LogP contribution in [0.1, 0.15) is 13.8 Å². The summed E-state index contributed by atoms with van der Waals surface area (Å²) in [6.45, 7) is 3.75. The minimum absolute atomic E-state index is 0.000488. The van der Waals surface area contributed by atoms with Gasteiger partial charge in [0.25, 0.3) is 0 Å². The first-order valence-corrected chi connectivity index (χ1v) is 6.10. The first kappa shape index (κ1) is 14.7. The van der Waals surface area contributed by atoms with Crippen molar-refractivity contribution in [2.24, 2.45) is 5.92 Å². The number of carbonyl (C=O) groups is 1. The Kier molecular flexibility index (Phi) is 5.37. The number of rotatable bonds is 4. The zero-order valence-corrected chi connectivity index (χ0v) is 11.5. The Morgan fingerprint density at radius 1 is 1.56 bits per heavy atom. The molecule has 0 saturated heterocycles. The maximum atomic E-state index is 11.9. The van der Waals surface area contributed by atoms with Gasteiger partial charge >= 0.3 is 6.03 Å². The Labute approximate surface area is 112 Å². The molecular formula is C12H18ClN3O2. The Morgan fingerprint density at radius 3 is 2.72 bits per heavy atom. The molecule has 0 spiro atoms. The van der Waals surface area contributed by atoms with E-state index in [1.54, 1.807) is 19.2 Å². The van der Waals surface area contributed by atoms with Crippen LogP contribution in [0.3, 0.4) is 0 Å². The van der Waals surface area contributed by atoms with Crippen LogP contribution >= 0.6 is 11.6 Å². The Balaban J connectivity index is 2.64. The van der Waals surface area contributed by atoms with E-state index in [4.69, 9.17) is 16.7 Å². The van der Waals surface area contributed by atoms with E-state index in [2.05, 4.69) is 10.3 Å². The largest absolute Gasteiger partial charge is 0.396 e. The van der Waals surface area contributed by atoms with Gasteiger partial charge in [-0.05, 0) is 25.0 Å². The summed E-state index contributed by atoms with van der Waals surface area (Å²) in [6.07, 6.45) is 1.49. The number of urea groups is 1. The first-order chi connectivity index (χ1) is 8.45. The summed E-state index contributed by atoms with van der Waals surface area (Å²) in [4.78, 5) is 17.4. The molecule has 0 aliphatic carbocycles. The Hall–Kier alpha value is -1.33. The monoisotopic (exact) mass is 271 g/mol. The Morgan fingerprint density at radius 2 is 2.22 bits per heavy atom. The van der Waals surface area contributed by atoms with Gasteiger partial charge in [0.1, 0.15) is 5.82 Å². The molecule has 0 fully saturated rings. The number of pyridine rings is 1. The van der Waals surface area contributed by atoms with Gasteiger partial charge < -0.3 is 10.4 Å². The highest BCUT2D eigenvalue weighted by molar-refractivity contribution is 6.30. The molecule has 0 aromatic carbocycles. The van der Waals surface area contributed by atoms with Crippen molar-refractivity contribution < 1.29 is 9.90 Å². The summed E-state index contributed by atoms with van der Waals surface area (Å²) < 4.78 is 0. The van der Waals surface area contributed by atoms with Crippen LogP contribution in [0.2, 0.25) is 5.02 Å². The second kappa shape index (κ2) is 6.56. The van der Waals surface area contributed by atoms with Crippen LogP contribution < -0.4 is 10.2 Å².